The highest BCUT2D eigenvalue weighted by molar-refractivity contribution is 5.91. The van der Waals surface area contributed by atoms with Gasteiger partial charge in [-0.15, -0.1) is 0 Å². The molecule has 0 aliphatic carbocycles. The Kier molecular flexibility index (Phi) is 3.49. The number of nitrogens with zero attached hydrogens (tertiary/aromatic N) is 1. The van der Waals surface area contributed by atoms with Gasteiger partial charge in [-0.05, 0) is 19.4 Å². The molecule has 0 aromatic heterocycles. The zero-order valence-electron chi connectivity index (χ0n) is 13.8. The smallest absolute Gasteiger partial charge is 0.313 e. The van der Waals surface area contributed by atoms with E-state index in [4.69, 9.17) is 9.47 Å². The number of carbonyl (C=O) groups excluding carboxylic acids is 2. The van der Waals surface area contributed by atoms with Crippen LogP contribution in [0.2, 0.25) is 0 Å². The molecule has 3 aliphatic rings. The maximum atomic E-state index is 12.8. The molecule has 3 heterocycles. The van der Waals surface area contributed by atoms with E-state index >= 15 is 0 Å². The van der Waals surface area contributed by atoms with Gasteiger partial charge in [-0.25, -0.2) is 0 Å². The van der Waals surface area contributed by atoms with Gasteiger partial charge in [0.05, 0.1) is 18.6 Å². The van der Waals surface area contributed by atoms with Crippen molar-refractivity contribution in [2.75, 3.05) is 6.54 Å². The molecule has 0 radical (unpaired) electrons. The zero-order chi connectivity index (χ0) is 16.9. The number of benzene rings is 1. The maximum Gasteiger partial charge on any atom is 0.313 e. The Morgan fingerprint density at radius 3 is 2.83 bits per heavy atom. The van der Waals surface area contributed by atoms with E-state index < -0.39 is 17.4 Å². The molecule has 0 saturated carbocycles. The third-order valence-electron chi connectivity index (χ3n) is 5.25. The second-order valence-electron chi connectivity index (χ2n) is 7.05. The van der Waals surface area contributed by atoms with Crippen LogP contribution >= 0.6 is 0 Å². The number of ether oxygens (including phenoxy) is 2. The van der Waals surface area contributed by atoms with Crippen molar-refractivity contribution in [3.63, 3.8) is 0 Å². The highest BCUT2D eigenvalue weighted by Crippen LogP contribution is 2.52. The first-order chi connectivity index (χ1) is 11.5. The molecule has 3 aliphatic heterocycles. The first kappa shape index (κ1) is 15.4. The van der Waals surface area contributed by atoms with Gasteiger partial charge in [-0.3, -0.25) is 9.59 Å². The van der Waals surface area contributed by atoms with Crippen LogP contribution in [0.1, 0.15) is 19.4 Å². The van der Waals surface area contributed by atoms with E-state index in [2.05, 4.69) is 0 Å². The lowest BCUT2D eigenvalue weighted by Gasteiger charge is -2.24. The topological polar surface area (TPSA) is 55.8 Å². The number of fused-ring (bicyclic) bond motifs is 1. The van der Waals surface area contributed by atoms with Gasteiger partial charge < -0.3 is 14.4 Å². The number of amides is 1. The van der Waals surface area contributed by atoms with Crippen molar-refractivity contribution in [1.29, 1.82) is 0 Å². The molecule has 5 nitrogen and oxygen atoms in total. The number of esters is 1. The number of carbonyl (C=O) groups is 2. The van der Waals surface area contributed by atoms with Crippen molar-refractivity contribution in [3.05, 3.63) is 48.0 Å². The normalized spacial score (nSPS) is 33.4. The molecule has 2 saturated heterocycles. The summed E-state index contributed by atoms with van der Waals surface area (Å²) >= 11 is 0. The molecule has 1 aromatic carbocycles. The van der Waals surface area contributed by atoms with Gasteiger partial charge in [0.25, 0.3) is 0 Å². The van der Waals surface area contributed by atoms with Crippen LogP contribution < -0.4 is 0 Å². The first-order valence-electron chi connectivity index (χ1n) is 8.40. The monoisotopic (exact) mass is 327 g/mol. The van der Waals surface area contributed by atoms with E-state index in [-0.39, 0.29) is 30.6 Å². The fraction of sp³-hybridized carbons (Fsp3) is 0.474. The number of likely N-dealkylation sites (tertiary alicyclic amines) is 1. The van der Waals surface area contributed by atoms with Crippen molar-refractivity contribution in [2.24, 2.45) is 11.8 Å². The predicted octanol–water partition coefficient (Wildman–Crippen LogP) is 1.92. The Bertz CT molecular complexity index is 699. The molecule has 4 rings (SSSR count). The Morgan fingerprint density at radius 1 is 1.38 bits per heavy atom. The van der Waals surface area contributed by atoms with Crippen LogP contribution in [-0.2, 0) is 25.7 Å². The van der Waals surface area contributed by atoms with Gasteiger partial charge in [0.2, 0.25) is 5.91 Å². The molecule has 1 spiro atoms. The molecular weight excluding hydrogens is 306 g/mol. The number of hydrogen-bond acceptors (Lipinski definition) is 4. The van der Waals surface area contributed by atoms with Crippen LogP contribution in [0.15, 0.2) is 42.5 Å². The summed E-state index contributed by atoms with van der Waals surface area (Å²) < 4.78 is 11.5. The van der Waals surface area contributed by atoms with Gasteiger partial charge in [0.1, 0.15) is 18.1 Å². The fourth-order valence-electron chi connectivity index (χ4n) is 4.06. The van der Waals surface area contributed by atoms with Crippen LogP contribution in [0.25, 0.3) is 0 Å². The highest BCUT2D eigenvalue weighted by Gasteiger charge is 2.67. The summed E-state index contributed by atoms with van der Waals surface area (Å²) in [5.41, 5.74) is 0.282. The molecule has 1 amide bonds. The third-order valence-corrected chi connectivity index (χ3v) is 5.25. The second-order valence-corrected chi connectivity index (χ2v) is 7.05. The lowest BCUT2D eigenvalue weighted by atomic mass is 9.77. The average molecular weight is 327 g/mol. The lowest BCUT2D eigenvalue weighted by Crippen LogP contribution is -2.40. The minimum Gasteiger partial charge on any atom is -0.460 e. The molecule has 5 heteroatoms. The van der Waals surface area contributed by atoms with E-state index in [1.807, 2.05) is 56.3 Å². The zero-order valence-corrected chi connectivity index (χ0v) is 13.8. The van der Waals surface area contributed by atoms with Crippen LogP contribution in [0.4, 0.5) is 0 Å². The minimum atomic E-state index is -0.650. The second kappa shape index (κ2) is 5.45. The number of hydrogen-bond donors (Lipinski definition) is 0. The average Bonchev–Trinajstić information content (AvgIpc) is 3.22. The molecule has 4 atom stereocenters. The molecule has 126 valence electrons. The lowest BCUT2D eigenvalue weighted by molar-refractivity contribution is -0.155. The summed E-state index contributed by atoms with van der Waals surface area (Å²) in [6.07, 6.45) is 3.52. The van der Waals surface area contributed by atoms with Crippen molar-refractivity contribution in [3.8, 4) is 0 Å². The van der Waals surface area contributed by atoms with Gasteiger partial charge in [-0.1, -0.05) is 42.5 Å². The minimum absolute atomic E-state index is 0.00138. The SMILES string of the molecule is CC(C)N1C[C@@]23C=C[C@H](O2)[C@H](C(=O)OCc2ccccc2)[C@@H]3C1=O. The summed E-state index contributed by atoms with van der Waals surface area (Å²) in [4.78, 5) is 27.3. The summed E-state index contributed by atoms with van der Waals surface area (Å²) in [6, 6.07) is 9.64. The summed E-state index contributed by atoms with van der Waals surface area (Å²) in [5.74, 6) is -1.36. The van der Waals surface area contributed by atoms with Crippen LogP contribution in [0.3, 0.4) is 0 Å². The molecule has 0 unspecified atom stereocenters. The standard InChI is InChI=1S/C19H21NO4/c1-12(2)20-11-19-9-8-14(24-19)15(16(19)17(20)21)18(22)23-10-13-6-4-3-5-7-13/h3-9,12,14-16H,10-11H2,1-2H3/t14-,15-,16+,19+/m0/s1. The Labute approximate surface area is 141 Å². The van der Waals surface area contributed by atoms with E-state index in [1.165, 1.54) is 0 Å². The van der Waals surface area contributed by atoms with Crippen LogP contribution in [0.5, 0.6) is 0 Å². The molecule has 2 bridgehead atoms. The highest BCUT2D eigenvalue weighted by atomic mass is 16.6. The van der Waals surface area contributed by atoms with Crippen molar-refractivity contribution >= 4 is 11.9 Å². The van der Waals surface area contributed by atoms with E-state index in [0.29, 0.717) is 6.54 Å². The molecular formula is C19H21NO4. The maximum absolute atomic E-state index is 12.8. The molecule has 1 aromatic rings. The first-order valence-corrected chi connectivity index (χ1v) is 8.40. The van der Waals surface area contributed by atoms with Crippen LogP contribution in [-0.4, -0.2) is 41.1 Å². The number of rotatable bonds is 4. The third kappa shape index (κ3) is 2.18. The summed E-state index contributed by atoms with van der Waals surface area (Å²) in [6.45, 7) is 4.70. The molecule has 2 fully saturated rings. The van der Waals surface area contributed by atoms with Crippen molar-refractivity contribution in [1.82, 2.24) is 4.90 Å². The summed E-state index contributed by atoms with van der Waals surface area (Å²) in [7, 11) is 0. The quantitative estimate of drug-likeness (QED) is 0.626. The van der Waals surface area contributed by atoms with E-state index in [1.54, 1.807) is 4.90 Å². The van der Waals surface area contributed by atoms with Crippen molar-refractivity contribution < 1.29 is 19.1 Å². The van der Waals surface area contributed by atoms with Gasteiger partial charge in [0, 0.05) is 6.04 Å². The molecule has 24 heavy (non-hydrogen) atoms. The fourth-order valence-corrected chi connectivity index (χ4v) is 4.06. The van der Waals surface area contributed by atoms with Gasteiger partial charge in [0.15, 0.2) is 0 Å². The largest absolute Gasteiger partial charge is 0.460 e. The van der Waals surface area contributed by atoms with Gasteiger partial charge in [-0.2, -0.15) is 0 Å². The van der Waals surface area contributed by atoms with Gasteiger partial charge >= 0.3 is 5.97 Å². The van der Waals surface area contributed by atoms with E-state index in [0.717, 1.165) is 5.56 Å². The Balaban J connectivity index is 1.52. The van der Waals surface area contributed by atoms with Crippen LogP contribution in [0, 0.1) is 11.8 Å². The van der Waals surface area contributed by atoms with Crippen molar-refractivity contribution in [2.45, 2.75) is 38.2 Å². The van der Waals surface area contributed by atoms with E-state index in [9.17, 15) is 9.59 Å². The Hall–Kier alpha value is -2.14. The predicted molar refractivity (Wildman–Crippen MR) is 86.8 cm³/mol. The molecule has 0 N–H and O–H groups in total. The summed E-state index contributed by atoms with van der Waals surface area (Å²) in [5, 5.41) is 0. The Morgan fingerprint density at radius 2 is 2.12 bits per heavy atom.